The van der Waals surface area contributed by atoms with Gasteiger partial charge < -0.3 is 14.2 Å². The summed E-state index contributed by atoms with van der Waals surface area (Å²) in [7, 11) is -1.87. The van der Waals surface area contributed by atoms with E-state index in [1.165, 1.54) is 0 Å². The summed E-state index contributed by atoms with van der Waals surface area (Å²) in [6, 6.07) is 0. The first-order chi connectivity index (χ1) is 8.76. The summed E-state index contributed by atoms with van der Waals surface area (Å²) in [5, 5.41) is 0. The molecule has 0 N–H and O–H groups in total. The Balaban J connectivity index is 2.05. The van der Waals surface area contributed by atoms with Crippen LogP contribution < -0.4 is 0 Å². The molecule has 6 nitrogen and oxygen atoms in total. The number of hydrogen-bond donors (Lipinski definition) is 0. The molecule has 0 saturated carbocycles. The van der Waals surface area contributed by atoms with Gasteiger partial charge in [0.2, 0.25) is 0 Å². The minimum atomic E-state index is -3.47. The Kier molecular flexibility index (Phi) is 4.23. The van der Waals surface area contributed by atoms with Crippen molar-refractivity contribution in [1.29, 1.82) is 0 Å². The molecule has 2 aliphatic heterocycles. The van der Waals surface area contributed by atoms with Crippen LogP contribution >= 0.6 is 0 Å². The predicted octanol–water partition coefficient (Wildman–Crippen LogP) is 1.05. The molecule has 4 unspecified atom stereocenters. The molecular formula is C12H22O6S. The minimum absolute atomic E-state index is 0.0128. The fraction of sp³-hybridized carbons (Fsp3) is 1.00. The highest BCUT2D eigenvalue weighted by atomic mass is 32.2. The molecule has 0 aromatic carbocycles. The molecule has 0 amide bonds. The topological polar surface area (TPSA) is 71.1 Å². The van der Waals surface area contributed by atoms with Gasteiger partial charge in [-0.1, -0.05) is 0 Å². The monoisotopic (exact) mass is 294 g/mol. The van der Waals surface area contributed by atoms with Gasteiger partial charge in [0, 0.05) is 20.0 Å². The van der Waals surface area contributed by atoms with Crippen LogP contribution in [0.1, 0.15) is 33.1 Å². The first kappa shape index (κ1) is 15.2. The molecule has 2 rings (SSSR count). The fourth-order valence-electron chi connectivity index (χ4n) is 2.89. The normalized spacial score (nSPS) is 40.3. The molecule has 112 valence electrons. The van der Waals surface area contributed by atoms with Crippen LogP contribution in [0.4, 0.5) is 0 Å². The van der Waals surface area contributed by atoms with E-state index in [0.717, 1.165) is 19.1 Å². The molecule has 2 saturated heterocycles. The second kappa shape index (κ2) is 5.29. The zero-order valence-electron chi connectivity index (χ0n) is 11.8. The maximum atomic E-state index is 11.1. The van der Waals surface area contributed by atoms with Crippen molar-refractivity contribution >= 4 is 10.1 Å². The molecule has 0 aromatic rings. The number of ether oxygens (including phenoxy) is 3. The Hall–Kier alpha value is -0.210. The smallest absolute Gasteiger partial charge is 0.264 e. The van der Waals surface area contributed by atoms with Gasteiger partial charge in [0.05, 0.1) is 24.6 Å². The van der Waals surface area contributed by atoms with Crippen molar-refractivity contribution in [2.75, 3.05) is 13.4 Å². The largest absolute Gasteiger partial charge is 0.367 e. The minimum Gasteiger partial charge on any atom is -0.367 e. The highest BCUT2D eigenvalue weighted by molar-refractivity contribution is 7.86. The lowest BCUT2D eigenvalue weighted by atomic mass is 10.0. The molecule has 0 radical (unpaired) electrons. The number of fused-ring (bicyclic) bond motifs is 2. The van der Waals surface area contributed by atoms with Gasteiger partial charge in [-0.05, 0) is 20.3 Å². The Morgan fingerprint density at radius 2 is 2.16 bits per heavy atom. The molecule has 7 heteroatoms. The van der Waals surface area contributed by atoms with Crippen LogP contribution in [0.15, 0.2) is 0 Å². The van der Waals surface area contributed by atoms with Crippen molar-refractivity contribution in [3.63, 3.8) is 0 Å². The highest BCUT2D eigenvalue weighted by Gasteiger charge is 2.54. The molecule has 2 heterocycles. The Bertz CT molecular complexity index is 422. The van der Waals surface area contributed by atoms with Crippen molar-refractivity contribution in [1.82, 2.24) is 0 Å². The van der Waals surface area contributed by atoms with Crippen molar-refractivity contribution < 1.29 is 26.8 Å². The van der Waals surface area contributed by atoms with Gasteiger partial charge in [-0.2, -0.15) is 8.42 Å². The number of hydrogen-bond acceptors (Lipinski definition) is 6. The van der Waals surface area contributed by atoms with Crippen LogP contribution in [0.2, 0.25) is 0 Å². The molecule has 0 aromatic heterocycles. The van der Waals surface area contributed by atoms with Crippen molar-refractivity contribution in [3.05, 3.63) is 0 Å². The zero-order valence-corrected chi connectivity index (χ0v) is 12.6. The predicted molar refractivity (Wildman–Crippen MR) is 68.2 cm³/mol. The highest BCUT2D eigenvalue weighted by Crippen LogP contribution is 2.43. The summed E-state index contributed by atoms with van der Waals surface area (Å²) in [5.74, 6) is -0.758. The van der Waals surface area contributed by atoms with Gasteiger partial charge in [-0.3, -0.25) is 4.18 Å². The molecule has 0 aliphatic carbocycles. The molecule has 2 fully saturated rings. The Morgan fingerprint density at radius 1 is 1.47 bits per heavy atom. The van der Waals surface area contributed by atoms with E-state index >= 15 is 0 Å². The zero-order chi connectivity index (χ0) is 14.3. The first-order valence-electron chi connectivity index (χ1n) is 6.52. The first-order valence-corrected chi connectivity index (χ1v) is 8.34. The van der Waals surface area contributed by atoms with Crippen molar-refractivity contribution in [2.45, 2.75) is 63.3 Å². The summed E-state index contributed by atoms with van der Waals surface area (Å²) >= 11 is 0. The Morgan fingerprint density at radius 3 is 2.74 bits per heavy atom. The Labute approximate surface area is 114 Å². The average molecular weight is 294 g/mol. The second-order valence-electron chi connectivity index (χ2n) is 5.39. The summed E-state index contributed by atoms with van der Waals surface area (Å²) in [6.45, 7) is 3.67. The third kappa shape index (κ3) is 3.28. The maximum absolute atomic E-state index is 11.1. The van der Waals surface area contributed by atoms with E-state index in [-0.39, 0.29) is 18.3 Å². The lowest BCUT2D eigenvalue weighted by molar-refractivity contribution is -0.329. The van der Waals surface area contributed by atoms with E-state index in [4.69, 9.17) is 18.4 Å². The lowest BCUT2D eigenvalue weighted by Crippen LogP contribution is -2.54. The number of rotatable bonds is 5. The van der Waals surface area contributed by atoms with Gasteiger partial charge in [-0.25, -0.2) is 0 Å². The van der Waals surface area contributed by atoms with Crippen LogP contribution in [-0.4, -0.2) is 52.0 Å². The second-order valence-corrected chi connectivity index (χ2v) is 6.99. The summed E-state index contributed by atoms with van der Waals surface area (Å²) < 4.78 is 44.6. The molecular weight excluding hydrogens is 272 g/mol. The summed E-state index contributed by atoms with van der Waals surface area (Å²) in [6.07, 6.45) is 2.37. The van der Waals surface area contributed by atoms with Crippen LogP contribution in [0, 0.1) is 0 Å². The van der Waals surface area contributed by atoms with Gasteiger partial charge >= 0.3 is 0 Å². The summed E-state index contributed by atoms with van der Waals surface area (Å²) in [5.41, 5.74) is 0. The third-order valence-electron chi connectivity index (χ3n) is 3.75. The van der Waals surface area contributed by atoms with Crippen molar-refractivity contribution in [2.24, 2.45) is 0 Å². The van der Waals surface area contributed by atoms with E-state index in [9.17, 15) is 8.42 Å². The standard InChI is InChI=1S/C12H22O6S/c1-8(18-19(4,13)14)7-11-12(15-3)6-5-10(17-12)9(2)16-11/h8-11H,5-7H2,1-4H3/t8?,9?,10-,11?,12?/m0/s1. The van der Waals surface area contributed by atoms with E-state index < -0.39 is 22.0 Å². The van der Waals surface area contributed by atoms with Crippen LogP contribution in [0.5, 0.6) is 0 Å². The SMILES string of the molecule is COC12CC[C@H](O1)C(C)OC2CC(C)OS(C)(=O)=O. The maximum Gasteiger partial charge on any atom is 0.264 e. The van der Waals surface area contributed by atoms with Crippen molar-refractivity contribution in [3.8, 4) is 0 Å². The van der Waals surface area contributed by atoms with Gasteiger partial charge in [0.15, 0.2) is 5.79 Å². The average Bonchev–Trinajstić information content (AvgIpc) is 2.66. The van der Waals surface area contributed by atoms with Gasteiger partial charge in [0.1, 0.15) is 6.10 Å². The fourth-order valence-corrected chi connectivity index (χ4v) is 3.57. The van der Waals surface area contributed by atoms with Crippen LogP contribution in [-0.2, 0) is 28.5 Å². The molecule has 5 atom stereocenters. The van der Waals surface area contributed by atoms with Crippen LogP contribution in [0.3, 0.4) is 0 Å². The molecule has 19 heavy (non-hydrogen) atoms. The van der Waals surface area contributed by atoms with Gasteiger partial charge in [-0.15, -0.1) is 0 Å². The molecule has 2 bridgehead atoms. The van der Waals surface area contributed by atoms with E-state index in [2.05, 4.69) is 0 Å². The van der Waals surface area contributed by atoms with E-state index in [1.54, 1.807) is 14.0 Å². The summed E-state index contributed by atoms with van der Waals surface area (Å²) in [4.78, 5) is 0. The number of methoxy groups -OCH3 is 1. The van der Waals surface area contributed by atoms with Gasteiger partial charge in [0.25, 0.3) is 10.1 Å². The van der Waals surface area contributed by atoms with E-state index in [0.29, 0.717) is 6.42 Å². The third-order valence-corrected chi connectivity index (χ3v) is 4.43. The molecule has 0 spiro atoms. The lowest BCUT2D eigenvalue weighted by Gasteiger charge is -2.42. The van der Waals surface area contributed by atoms with E-state index in [1.807, 2.05) is 6.92 Å². The molecule has 2 aliphatic rings. The quantitative estimate of drug-likeness (QED) is 0.706. The van der Waals surface area contributed by atoms with Crippen LogP contribution in [0.25, 0.3) is 0 Å².